The van der Waals surface area contributed by atoms with Gasteiger partial charge < -0.3 is 10.6 Å². The Balaban J connectivity index is 2.03. The second kappa shape index (κ2) is 7.10. The van der Waals surface area contributed by atoms with Gasteiger partial charge in [0, 0.05) is 0 Å². The van der Waals surface area contributed by atoms with Crippen LogP contribution in [0.15, 0.2) is 42.5 Å². The first kappa shape index (κ1) is 17.4. The van der Waals surface area contributed by atoms with Crippen LogP contribution in [0, 0.1) is 0 Å². The minimum atomic E-state index is -4.49. The molecule has 2 N–H and O–H groups in total. The highest BCUT2D eigenvalue weighted by Crippen LogP contribution is 2.33. The molecule has 2 rings (SSSR count). The van der Waals surface area contributed by atoms with Crippen LogP contribution in [0.1, 0.15) is 5.56 Å². The molecule has 3 nitrogen and oxygen atoms in total. The SMILES string of the molecule is O=C(CNc1cc(C(F)(F)F)ccc1Cl)Nc1ccccc1Cl. The molecule has 0 atom stereocenters. The van der Waals surface area contributed by atoms with Crippen molar-refractivity contribution < 1.29 is 18.0 Å². The van der Waals surface area contributed by atoms with E-state index in [1.54, 1.807) is 24.3 Å². The zero-order valence-electron chi connectivity index (χ0n) is 11.5. The van der Waals surface area contributed by atoms with Crippen LogP contribution in [0.2, 0.25) is 10.0 Å². The van der Waals surface area contributed by atoms with Crippen LogP contribution in [-0.4, -0.2) is 12.5 Å². The lowest BCUT2D eigenvalue weighted by atomic mass is 10.2. The molecule has 0 saturated heterocycles. The third-order valence-corrected chi connectivity index (χ3v) is 3.54. The van der Waals surface area contributed by atoms with Gasteiger partial charge in [0.1, 0.15) is 0 Å². The first-order valence-electron chi connectivity index (χ1n) is 6.42. The summed E-state index contributed by atoms with van der Waals surface area (Å²) in [4.78, 5) is 11.8. The molecule has 0 unspecified atom stereocenters. The van der Waals surface area contributed by atoms with Crippen LogP contribution in [0.25, 0.3) is 0 Å². The van der Waals surface area contributed by atoms with E-state index in [2.05, 4.69) is 10.6 Å². The summed E-state index contributed by atoms with van der Waals surface area (Å²) >= 11 is 11.7. The number of hydrogen-bond donors (Lipinski definition) is 2. The molecule has 0 aliphatic rings. The number of benzene rings is 2. The first-order chi connectivity index (χ1) is 10.8. The van der Waals surface area contributed by atoms with Crippen LogP contribution in [0.4, 0.5) is 24.5 Å². The molecule has 0 aliphatic heterocycles. The Morgan fingerprint density at radius 2 is 1.65 bits per heavy atom. The Labute approximate surface area is 140 Å². The maximum atomic E-state index is 12.7. The number of nitrogens with one attached hydrogen (secondary N) is 2. The summed E-state index contributed by atoms with van der Waals surface area (Å²) in [6.45, 7) is -0.258. The van der Waals surface area contributed by atoms with E-state index >= 15 is 0 Å². The molecule has 0 spiro atoms. The normalized spacial score (nSPS) is 11.2. The van der Waals surface area contributed by atoms with Crippen molar-refractivity contribution in [1.29, 1.82) is 0 Å². The number of rotatable bonds is 4. The van der Waals surface area contributed by atoms with Gasteiger partial charge in [-0.2, -0.15) is 13.2 Å². The van der Waals surface area contributed by atoms with Crippen molar-refractivity contribution in [3.8, 4) is 0 Å². The van der Waals surface area contributed by atoms with E-state index in [1.165, 1.54) is 0 Å². The average Bonchev–Trinajstić information content (AvgIpc) is 2.47. The summed E-state index contributed by atoms with van der Waals surface area (Å²) in [5.74, 6) is -0.466. The Morgan fingerprint density at radius 3 is 2.30 bits per heavy atom. The number of halogens is 5. The number of carbonyl (C=O) groups is 1. The zero-order chi connectivity index (χ0) is 17.0. The van der Waals surface area contributed by atoms with Crippen molar-refractivity contribution in [2.45, 2.75) is 6.18 Å². The summed E-state index contributed by atoms with van der Waals surface area (Å²) in [7, 11) is 0. The minimum Gasteiger partial charge on any atom is -0.375 e. The monoisotopic (exact) mass is 362 g/mol. The van der Waals surface area contributed by atoms with Crippen molar-refractivity contribution in [3.05, 3.63) is 58.1 Å². The number of carbonyl (C=O) groups excluding carboxylic acids is 1. The van der Waals surface area contributed by atoms with Gasteiger partial charge in [-0.25, -0.2) is 0 Å². The molecule has 0 aromatic heterocycles. The number of amides is 1. The molecule has 1 amide bonds. The van der Waals surface area contributed by atoms with E-state index < -0.39 is 17.6 Å². The highest BCUT2D eigenvalue weighted by atomic mass is 35.5. The van der Waals surface area contributed by atoms with Gasteiger partial charge in [-0.15, -0.1) is 0 Å². The van der Waals surface area contributed by atoms with E-state index in [0.29, 0.717) is 10.7 Å². The number of anilines is 2. The van der Waals surface area contributed by atoms with Crippen molar-refractivity contribution >= 4 is 40.5 Å². The molecule has 0 radical (unpaired) electrons. The van der Waals surface area contributed by atoms with E-state index in [0.717, 1.165) is 18.2 Å². The second-order valence-electron chi connectivity index (χ2n) is 4.57. The van der Waals surface area contributed by atoms with Crippen LogP contribution < -0.4 is 10.6 Å². The molecule has 0 heterocycles. The van der Waals surface area contributed by atoms with Crippen molar-refractivity contribution in [2.75, 3.05) is 17.2 Å². The van der Waals surface area contributed by atoms with Gasteiger partial charge in [0.05, 0.1) is 33.5 Å². The maximum Gasteiger partial charge on any atom is 0.416 e. The molecule has 2 aromatic carbocycles. The van der Waals surface area contributed by atoms with Gasteiger partial charge in [0.15, 0.2) is 0 Å². The highest BCUT2D eigenvalue weighted by Gasteiger charge is 2.30. The van der Waals surface area contributed by atoms with Gasteiger partial charge in [-0.3, -0.25) is 4.79 Å². The Bertz CT molecular complexity index is 720. The first-order valence-corrected chi connectivity index (χ1v) is 7.18. The van der Waals surface area contributed by atoms with Crippen LogP contribution in [0.3, 0.4) is 0 Å². The molecule has 0 bridgehead atoms. The largest absolute Gasteiger partial charge is 0.416 e. The number of alkyl halides is 3. The Hall–Kier alpha value is -1.92. The molecular formula is C15H11Cl2F3N2O. The average molecular weight is 363 g/mol. The van der Waals surface area contributed by atoms with Gasteiger partial charge in [-0.05, 0) is 30.3 Å². The fourth-order valence-corrected chi connectivity index (χ4v) is 2.14. The molecule has 2 aromatic rings. The second-order valence-corrected chi connectivity index (χ2v) is 5.39. The van der Waals surface area contributed by atoms with E-state index in [4.69, 9.17) is 23.2 Å². The summed E-state index contributed by atoms with van der Waals surface area (Å²) in [5.41, 5.74) is -0.414. The molecule has 0 saturated carbocycles. The third-order valence-electron chi connectivity index (χ3n) is 2.88. The number of para-hydroxylation sites is 1. The number of hydrogen-bond acceptors (Lipinski definition) is 2. The van der Waals surface area contributed by atoms with Gasteiger partial charge >= 0.3 is 6.18 Å². The van der Waals surface area contributed by atoms with E-state index in [9.17, 15) is 18.0 Å². The van der Waals surface area contributed by atoms with Crippen LogP contribution in [-0.2, 0) is 11.0 Å². The lowest BCUT2D eigenvalue weighted by Gasteiger charge is -2.13. The fraction of sp³-hybridized carbons (Fsp3) is 0.133. The van der Waals surface area contributed by atoms with Crippen molar-refractivity contribution in [2.24, 2.45) is 0 Å². The summed E-state index contributed by atoms with van der Waals surface area (Å²) < 4.78 is 38.0. The Morgan fingerprint density at radius 1 is 1.00 bits per heavy atom. The predicted molar refractivity (Wildman–Crippen MR) is 85.0 cm³/mol. The molecule has 0 aliphatic carbocycles. The maximum absolute atomic E-state index is 12.7. The smallest absolute Gasteiger partial charge is 0.375 e. The minimum absolute atomic E-state index is 0.0239. The standard InChI is InChI=1S/C15H11Cl2F3N2O/c16-10-3-1-2-4-12(10)22-14(23)8-21-13-7-9(15(18,19)20)5-6-11(13)17/h1-7,21H,8H2,(H,22,23). The summed E-state index contributed by atoms with van der Waals surface area (Å²) in [6.07, 6.45) is -4.49. The lowest BCUT2D eigenvalue weighted by molar-refractivity contribution is -0.137. The van der Waals surface area contributed by atoms with Crippen LogP contribution in [0.5, 0.6) is 0 Å². The molecule has 8 heteroatoms. The lowest BCUT2D eigenvalue weighted by Crippen LogP contribution is -2.22. The predicted octanol–water partition coefficient (Wildman–Crippen LogP) is 5.06. The van der Waals surface area contributed by atoms with Crippen molar-refractivity contribution in [3.63, 3.8) is 0 Å². The van der Waals surface area contributed by atoms with Crippen LogP contribution >= 0.6 is 23.2 Å². The molecule has 23 heavy (non-hydrogen) atoms. The summed E-state index contributed by atoms with van der Waals surface area (Å²) in [6, 6.07) is 9.46. The van der Waals surface area contributed by atoms with E-state index in [-0.39, 0.29) is 17.3 Å². The zero-order valence-corrected chi connectivity index (χ0v) is 13.1. The molecule has 122 valence electrons. The quantitative estimate of drug-likeness (QED) is 0.797. The molecule has 0 fully saturated rings. The van der Waals surface area contributed by atoms with Crippen molar-refractivity contribution in [1.82, 2.24) is 0 Å². The molecular weight excluding hydrogens is 352 g/mol. The topological polar surface area (TPSA) is 41.1 Å². The van der Waals surface area contributed by atoms with Gasteiger partial charge in [0.2, 0.25) is 5.91 Å². The van der Waals surface area contributed by atoms with Gasteiger partial charge in [-0.1, -0.05) is 35.3 Å². The third kappa shape index (κ3) is 4.77. The highest BCUT2D eigenvalue weighted by molar-refractivity contribution is 6.34. The summed E-state index contributed by atoms with van der Waals surface area (Å²) in [5, 5.41) is 5.57. The fourth-order valence-electron chi connectivity index (χ4n) is 1.77. The van der Waals surface area contributed by atoms with Gasteiger partial charge in [0.25, 0.3) is 0 Å². The van der Waals surface area contributed by atoms with E-state index in [1.807, 2.05) is 0 Å². The Kier molecular flexibility index (Phi) is 5.38.